The molecule has 5 nitrogen and oxygen atoms in total. The fourth-order valence-electron chi connectivity index (χ4n) is 1.34. The van der Waals surface area contributed by atoms with E-state index in [1.165, 1.54) is 0 Å². The van der Waals surface area contributed by atoms with E-state index in [9.17, 15) is 8.42 Å². The summed E-state index contributed by atoms with van der Waals surface area (Å²) in [6.07, 6.45) is 1.10. The second kappa shape index (κ2) is 5.29. The third-order valence-electron chi connectivity index (χ3n) is 3.47. The van der Waals surface area contributed by atoms with E-state index in [4.69, 9.17) is 10.2 Å². The maximum absolute atomic E-state index is 11.4. The number of nitrogens with one attached hydrogen (secondary N) is 1. The number of hydrogen-bond donors (Lipinski definition) is 2. The van der Waals surface area contributed by atoms with E-state index < -0.39 is 18.3 Å². The van der Waals surface area contributed by atoms with Gasteiger partial charge in [-0.1, -0.05) is 20.8 Å². The SMILES string of the molecule is CC(C)(C)[Si](C)(C)Oc1ccc(N)cc1NS(C)(=O)=O. The number of benzene rings is 1. The zero-order valence-corrected chi connectivity index (χ0v) is 14.8. The highest BCUT2D eigenvalue weighted by molar-refractivity contribution is 7.92. The Morgan fingerprint density at radius 2 is 1.80 bits per heavy atom. The van der Waals surface area contributed by atoms with Gasteiger partial charge in [-0.05, 0) is 36.3 Å². The van der Waals surface area contributed by atoms with Crippen LogP contribution >= 0.6 is 0 Å². The molecule has 0 radical (unpaired) electrons. The first-order valence-electron chi connectivity index (χ1n) is 6.38. The average Bonchev–Trinajstić information content (AvgIpc) is 2.18. The molecule has 0 spiro atoms. The molecule has 0 saturated heterocycles. The molecule has 0 unspecified atom stereocenters. The van der Waals surface area contributed by atoms with Crippen LogP contribution in [-0.2, 0) is 10.0 Å². The number of nitrogens with two attached hydrogens (primary N) is 1. The Morgan fingerprint density at radius 3 is 2.25 bits per heavy atom. The van der Waals surface area contributed by atoms with Gasteiger partial charge in [-0.2, -0.15) is 0 Å². The van der Waals surface area contributed by atoms with Gasteiger partial charge < -0.3 is 10.2 Å². The Morgan fingerprint density at radius 1 is 1.25 bits per heavy atom. The third kappa shape index (κ3) is 4.41. The van der Waals surface area contributed by atoms with Crippen molar-refractivity contribution in [2.24, 2.45) is 0 Å². The minimum Gasteiger partial charge on any atom is -0.542 e. The molecular weight excluding hydrogens is 292 g/mol. The van der Waals surface area contributed by atoms with E-state index >= 15 is 0 Å². The number of nitrogen functional groups attached to an aromatic ring is 1. The number of sulfonamides is 1. The Labute approximate surface area is 122 Å². The lowest BCUT2D eigenvalue weighted by Gasteiger charge is -2.37. The van der Waals surface area contributed by atoms with E-state index in [2.05, 4.69) is 38.6 Å². The minimum atomic E-state index is -3.38. The maximum Gasteiger partial charge on any atom is 0.250 e. The van der Waals surface area contributed by atoms with Crippen LogP contribution in [0.1, 0.15) is 20.8 Å². The van der Waals surface area contributed by atoms with Crippen LogP contribution in [0.2, 0.25) is 18.1 Å². The van der Waals surface area contributed by atoms with Crippen LogP contribution in [0.25, 0.3) is 0 Å². The van der Waals surface area contributed by atoms with Gasteiger partial charge in [0, 0.05) is 5.69 Å². The van der Waals surface area contributed by atoms with Crippen molar-refractivity contribution < 1.29 is 12.8 Å². The first-order valence-corrected chi connectivity index (χ1v) is 11.2. The Kier molecular flexibility index (Phi) is 4.45. The van der Waals surface area contributed by atoms with Crippen molar-refractivity contribution in [3.8, 4) is 5.75 Å². The van der Waals surface area contributed by atoms with Crippen LogP contribution in [0, 0.1) is 0 Å². The van der Waals surface area contributed by atoms with Crippen molar-refractivity contribution >= 4 is 29.7 Å². The number of rotatable bonds is 4. The Hall–Kier alpha value is -1.21. The Bertz CT molecular complexity index is 592. The molecule has 1 aromatic rings. The van der Waals surface area contributed by atoms with Crippen molar-refractivity contribution in [2.75, 3.05) is 16.7 Å². The highest BCUT2D eigenvalue weighted by atomic mass is 32.2. The van der Waals surface area contributed by atoms with E-state index in [1.807, 2.05) is 0 Å². The molecule has 1 aromatic carbocycles. The molecule has 0 heterocycles. The molecule has 7 heteroatoms. The lowest BCUT2D eigenvalue weighted by atomic mass is 10.2. The quantitative estimate of drug-likeness (QED) is 0.661. The van der Waals surface area contributed by atoms with Gasteiger partial charge in [-0.15, -0.1) is 0 Å². The summed E-state index contributed by atoms with van der Waals surface area (Å²) in [5.41, 5.74) is 6.59. The summed E-state index contributed by atoms with van der Waals surface area (Å²) in [4.78, 5) is 0. The van der Waals surface area contributed by atoms with Crippen LogP contribution in [0.3, 0.4) is 0 Å². The second-order valence-electron chi connectivity index (χ2n) is 6.49. The predicted molar refractivity (Wildman–Crippen MR) is 87.1 cm³/mol. The molecular formula is C13H24N2O3SSi. The summed E-state index contributed by atoms with van der Waals surface area (Å²) in [6, 6.07) is 4.99. The van der Waals surface area contributed by atoms with Gasteiger partial charge in [0.15, 0.2) is 0 Å². The topological polar surface area (TPSA) is 81.4 Å². The molecule has 0 saturated carbocycles. The van der Waals surface area contributed by atoms with E-state index in [-0.39, 0.29) is 5.04 Å². The van der Waals surface area contributed by atoms with Gasteiger partial charge in [0.1, 0.15) is 5.75 Å². The van der Waals surface area contributed by atoms with Gasteiger partial charge in [-0.25, -0.2) is 8.42 Å². The van der Waals surface area contributed by atoms with Crippen LogP contribution in [0.5, 0.6) is 5.75 Å². The molecule has 0 aliphatic carbocycles. The highest BCUT2D eigenvalue weighted by Gasteiger charge is 2.39. The molecule has 0 aliphatic rings. The fraction of sp³-hybridized carbons (Fsp3) is 0.538. The van der Waals surface area contributed by atoms with E-state index in [0.29, 0.717) is 17.1 Å². The zero-order chi connectivity index (χ0) is 15.8. The van der Waals surface area contributed by atoms with Crippen molar-refractivity contribution in [3.63, 3.8) is 0 Å². The lowest BCUT2D eigenvalue weighted by Crippen LogP contribution is -2.44. The minimum absolute atomic E-state index is 0.0245. The van der Waals surface area contributed by atoms with Crippen molar-refractivity contribution in [3.05, 3.63) is 18.2 Å². The molecule has 0 atom stereocenters. The maximum atomic E-state index is 11.4. The monoisotopic (exact) mass is 316 g/mol. The molecule has 0 aliphatic heterocycles. The third-order valence-corrected chi connectivity index (χ3v) is 8.40. The predicted octanol–water partition coefficient (Wildman–Crippen LogP) is 3.02. The zero-order valence-electron chi connectivity index (χ0n) is 12.9. The largest absolute Gasteiger partial charge is 0.542 e. The molecule has 1 rings (SSSR count). The van der Waals surface area contributed by atoms with Crippen LogP contribution < -0.4 is 14.9 Å². The molecule has 0 bridgehead atoms. The molecule has 0 amide bonds. The van der Waals surface area contributed by atoms with Crippen LogP contribution in [-0.4, -0.2) is 23.0 Å². The van der Waals surface area contributed by atoms with Gasteiger partial charge in [-0.3, -0.25) is 4.72 Å². The van der Waals surface area contributed by atoms with Crippen molar-refractivity contribution in [1.29, 1.82) is 0 Å². The Balaban J connectivity index is 3.19. The smallest absolute Gasteiger partial charge is 0.250 e. The van der Waals surface area contributed by atoms with E-state index in [0.717, 1.165) is 6.26 Å². The van der Waals surface area contributed by atoms with Gasteiger partial charge in [0.05, 0.1) is 11.9 Å². The number of anilines is 2. The molecule has 114 valence electrons. The first-order chi connectivity index (χ1) is 8.82. The first kappa shape index (κ1) is 16.8. The van der Waals surface area contributed by atoms with Gasteiger partial charge in [0.2, 0.25) is 10.0 Å². The molecule has 20 heavy (non-hydrogen) atoms. The second-order valence-corrected chi connectivity index (χ2v) is 13.0. The number of hydrogen-bond acceptors (Lipinski definition) is 4. The summed E-state index contributed by atoms with van der Waals surface area (Å²) >= 11 is 0. The summed E-state index contributed by atoms with van der Waals surface area (Å²) in [5.74, 6) is 0.524. The summed E-state index contributed by atoms with van der Waals surface area (Å²) in [5, 5.41) is 0.0245. The summed E-state index contributed by atoms with van der Waals surface area (Å²) in [6.45, 7) is 10.6. The highest BCUT2D eigenvalue weighted by Crippen LogP contribution is 2.39. The van der Waals surface area contributed by atoms with Crippen molar-refractivity contribution in [1.82, 2.24) is 0 Å². The van der Waals surface area contributed by atoms with Crippen LogP contribution in [0.15, 0.2) is 18.2 Å². The molecule has 3 N–H and O–H groups in total. The molecule has 0 aromatic heterocycles. The van der Waals surface area contributed by atoms with Gasteiger partial charge >= 0.3 is 0 Å². The fourth-order valence-corrected chi connectivity index (χ4v) is 2.94. The lowest BCUT2D eigenvalue weighted by molar-refractivity contribution is 0.494. The molecule has 0 fully saturated rings. The average molecular weight is 316 g/mol. The van der Waals surface area contributed by atoms with E-state index in [1.54, 1.807) is 18.2 Å². The van der Waals surface area contributed by atoms with Crippen molar-refractivity contribution in [2.45, 2.75) is 38.9 Å². The summed E-state index contributed by atoms with van der Waals surface area (Å²) in [7, 11) is -5.42. The van der Waals surface area contributed by atoms with Crippen LogP contribution in [0.4, 0.5) is 11.4 Å². The van der Waals surface area contributed by atoms with Gasteiger partial charge in [0.25, 0.3) is 8.32 Å². The standard InChI is InChI=1S/C13H24N2O3SSi/c1-13(2,3)20(5,6)18-12-8-7-10(14)9-11(12)15-19(4,16)17/h7-9,15H,14H2,1-6H3. The summed E-state index contributed by atoms with van der Waals surface area (Å²) < 4.78 is 31.5. The normalized spacial score (nSPS) is 13.1.